The third kappa shape index (κ3) is 1.69. The number of nitrogens with zero attached hydrogens (tertiary/aromatic N) is 1. The lowest BCUT2D eigenvalue weighted by molar-refractivity contribution is 0.102. The minimum absolute atomic E-state index is 0.741. The molecule has 18 heavy (non-hydrogen) atoms. The van der Waals surface area contributed by atoms with Crippen LogP contribution in [0.3, 0.4) is 0 Å². The van der Waals surface area contributed by atoms with Crippen molar-refractivity contribution in [2.75, 3.05) is 0 Å². The fourth-order valence-electron chi connectivity index (χ4n) is 2.09. The van der Waals surface area contributed by atoms with E-state index in [1.807, 2.05) is 30.3 Å². The smallest absolute Gasteiger partial charge is 0.115 e. The highest BCUT2D eigenvalue weighted by Gasteiger charge is 2.26. The molecule has 1 aromatic carbocycles. The Hall–Kier alpha value is -2.13. The van der Waals surface area contributed by atoms with Gasteiger partial charge in [0.25, 0.3) is 0 Å². The van der Waals surface area contributed by atoms with Crippen molar-refractivity contribution in [2.45, 2.75) is 12.5 Å². The summed E-state index contributed by atoms with van der Waals surface area (Å²) in [6, 6.07) is 11.4. The topological polar surface area (TPSA) is 46.3 Å². The van der Waals surface area contributed by atoms with Crippen LogP contribution in [0.1, 0.15) is 18.1 Å². The molecule has 2 aromatic heterocycles. The maximum absolute atomic E-state index is 10.6. The van der Waals surface area contributed by atoms with E-state index in [1.165, 1.54) is 0 Å². The molecule has 2 heterocycles. The van der Waals surface area contributed by atoms with Crippen LogP contribution in [0.25, 0.3) is 10.9 Å². The van der Waals surface area contributed by atoms with Crippen molar-refractivity contribution < 1.29 is 9.52 Å². The normalized spacial score (nSPS) is 14.6. The first-order chi connectivity index (χ1) is 8.68. The number of fused-ring (bicyclic) bond motifs is 1. The molecule has 0 aliphatic heterocycles. The molecular formula is C15H13NO2. The number of benzene rings is 1. The first kappa shape index (κ1) is 11.0. The highest BCUT2D eigenvalue weighted by atomic mass is 16.3. The molecule has 1 atom stereocenters. The van der Waals surface area contributed by atoms with Gasteiger partial charge in [-0.25, -0.2) is 0 Å². The largest absolute Gasteiger partial charge is 0.472 e. The Bertz CT molecular complexity index is 672. The highest BCUT2D eigenvalue weighted by Crippen LogP contribution is 2.30. The molecule has 3 nitrogen and oxygen atoms in total. The molecule has 0 aliphatic carbocycles. The standard InChI is InChI=1S/C15H13NO2/c1-15(17,13-6-8-18-10-13)12-4-5-14-11(9-12)3-2-7-16-14/h2-10,17H,1H3. The maximum Gasteiger partial charge on any atom is 0.115 e. The van der Waals surface area contributed by atoms with Gasteiger partial charge in [-0.3, -0.25) is 4.98 Å². The zero-order chi connectivity index (χ0) is 12.6. The Morgan fingerprint density at radius 3 is 2.83 bits per heavy atom. The number of rotatable bonds is 2. The number of hydrogen-bond donors (Lipinski definition) is 1. The Kier molecular flexibility index (Phi) is 2.42. The molecule has 0 amide bonds. The summed E-state index contributed by atoms with van der Waals surface area (Å²) in [5.41, 5.74) is 1.43. The fraction of sp³-hybridized carbons (Fsp3) is 0.133. The van der Waals surface area contributed by atoms with Crippen molar-refractivity contribution in [2.24, 2.45) is 0 Å². The fourth-order valence-corrected chi connectivity index (χ4v) is 2.09. The van der Waals surface area contributed by atoms with Crippen molar-refractivity contribution in [3.05, 3.63) is 66.2 Å². The average Bonchev–Trinajstić information content (AvgIpc) is 2.92. The summed E-state index contributed by atoms with van der Waals surface area (Å²) in [6.45, 7) is 1.76. The van der Waals surface area contributed by atoms with Crippen molar-refractivity contribution in [3.8, 4) is 0 Å². The SMILES string of the molecule is CC(O)(c1ccoc1)c1ccc2ncccc2c1. The van der Waals surface area contributed by atoms with Crippen LogP contribution in [0.2, 0.25) is 0 Å². The third-order valence-corrected chi connectivity index (χ3v) is 3.25. The highest BCUT2D eigenvalue weighted by molar-refractivity contribution is 5.79. The van der Waals surface area contributed by atoms with E-state index in [0.29, 0.717) is 0 Å². The number of aliphatic hydroxyl groups is 1. The summed E-state index contributed by atoms with van der Waals surface area (Å²) in [5.74, 6) is 0. The zero-order valence-corrected chi connectivity index (χ0v) is 10.00. The van der Waals surface area contributed by atoms with E-state index in [2.05, 4.69) is 4.98 Å². The molecular weight excluding hydrogens is 226 g/mol. The Morgan fingerprint density at radius 2 is 2.06 bits per heavy atom. The first-order valence-electron chi connectivity index (χ1n) is 5.78. The van der Waals surface area contributed by atoms with Gasteiger partial charge in [0.1, 0.15) is 5.60 Å². The third-order valence-electron chi connectivity index (χ3n) is 3.25. The van der Waals surface area contributed by atoms with Gasteiger partial charge < -0.3 is 9.52 Å². The quantitative estimate of drug-likeness (QED) is 0.747. The molecule has 1 N–H and O–H groups in total. The Labute approximate surface area is 105 Å². The predicted octanol–water partition coefficient (Wildman–Crippen LogP) is 3.08. The van der Waals surface area contributed by atoms with Crippen molar-refractivity contribution in [1.82, 2.24) is 4.98 Å². The summed E-state index contributed by atoms with van der Waals surface area (Å²) < 4.78 is 5.04. The summed E-state index contributed by atoms with van der Waals surface area (Å²) in [7, 11) is 0. The van der Waals surface area contributed by atoms with Gasteiger partial charge in [0.15, 0.2) is 0 Å². The first-order valence-corrected chi connectivity index (χ1v) is 5.78. The van der Waals surface area contributed by atoms with E-state index in [-0.39, 0.29) is 0 Å². The van der Waals surface area contributed by atoms with Gasteiger partial charge in [-0.2, -0.15) is 0 Å². The molecule has 0 saturated heterocycles. The van der Waals surface area contributed by atoms with Crippen LogP contribution in [-0.4, -0.2) is 10.1 Å². The average molecular weight is 239 g/mol. The predicted molar refractivity (Wildman–Crippen MR) is 69.1 cm³/mol. The van der Waals surface area contributed by atoms with Gasteiger partial charge in [0.05, 0.1) is 18.0 Å². The molecule has 3 rings (SSSR count). The second-order valence-electron chi connectivity index (χ2n) is 4.50. The Morgan fingerprint density at radius 1 is 1.17 bits per heavy atom. The molecule has 0 spiro atoms. The molecule has 3 heteroatoms. The number of aromatic nitrogens is 1. The lowest BCUT2D eigenvalue weighted by Gasteiger charge is -2.22. The van der Waals surface area contributed by atoms with Crippen LogP contribution in [0, 0.1) is 0 Å². The Balaban J connectivity index is 2.14. The summed E-state index contributed by atoms with van der Waals surface area (Å²) in [4.78, 5) is 4.27. The van der Waals surface area contributed by atoms with Gasteiger partial charge in [-0.1, -0.05) is 12.1 Å². The van der Waals surface area contributed by atoms with Crippen molar-refractivity contribution >= 4 is 10.9 Å². The lowest BCUT2D eigenvalue weighted by Crippen LogP contribution is -2.21. The van der Waals surface area contributed by atoms with Crippen LogP contribution >= 0.6 is 0 Å². The molecule has 0 aliphatic rings. The summed E-state index contributed by atoms with van der Waals surface area (Å²) in [6.07, 6.45) is 4.88. The van der Waals surface area contributed by atoms with Crippen LogP contribution in [0.5, 0.6) is 0 Å². The molecule has 0 bridgehead atoms. The van der Waals surface area contributed by atoms with E-state index in [9.17, 15) is 5.11 Å². The minimum Gasteiger partial charge on any atom is -0.472 e. The molecule has 3 aromatic rings. The van der Waals surface area contributed by atoms with Crippen molar-refractivity contribution in [1.29, 1.82) is 0 Å². The summed E-state index contributed by atoms with van der Waals surface area (Å²) >= 11 is 0. The molecule has 0 radical (unpaired) electrons. The van der Waals surface area contributed by atoms with Crippen LogP contribution in [0.4, 0.5) is 0 Å². The zero-order valence-electron chi connectivity index (χ0n) is 10.00. The van der Waals surface area contributed by atoms with Gasteiger partial charge in [0.2, 0.25) is 0 Å². The number of pyridine rings is 1. The van der Waals surface area contributed by atoms with E-state index in [4.69, 9.17) is 4.42 Å². The second-order valence-corrected chi connectivity index (χ2v) is 4.50. The molecule has 90 valence electrons. The number of furan rings is 1. The molecule has 0 fully saturated rings. The van der Waals surface area contributed by atoms with E-state index in [0.717, 1.165) is 22.0 Å². The summed E-state index contributed by atoms with van der Waals surface area (Å²) in [5, 5.41) is 11.6. The van der Waals surface area contributed by atoms with Crippen LogP contribution < -0.4 is 0 Å². The lowest BCUT2D eigenvalue weighted by atomic mass is 9.89. The van der Waals surface area contributed by atoms with E-state index >= 15 is 0 Å². The minimum atomic E-state index is -1.06. The van der Waals surface area contributed by atoms with Gasteiger partial charge >= 0.3 is 0 Å². The van der Waals surface area contributed by atoms with Gasteiger partial charge in [-0.15, -0.1) is 0 Å². The van der Waals surface area contributed by atoms with Gasteiger partial charge in [0, 0.05) is 17.1 Å². The van der Waals surface area contributed by atoms with Gasteiger partial charge in [-0.05, 0) is 36.8 Å². The van der Waals surface area contributed by atoms with Crippen LogP contribution in [0.15, 0.2) is 59.5 Å². The van der Waals surface area contributed by atoms with E-state index in [1.54, 1.807) is 31.7 Å². The molecule has 0 saturated carbocycles. The second kappa shape index (κ2) is 3.96. The molecule has 1 unspecified atom stereocenters. The van der Waals surface area contributed by atoms with Crippen LogP contribution in [-0.2, 0) is 5.60 Å². The van der Waals surface area contributed by atoms with E-state index < -0.39 is 5.60 Å². The number of hydrogen-bond acceptors (Lipinski definition) is 3. The maximum atomic E-state index is 10.6. The van der Waals surface area contributed by atoms with Crippen molar-refractivity contribution in [3.63, 3.8) is 0 Å². The monoisotopic (exact) mass is 239 g/mol.